The number of aryl methyl sites for hydroxylation is 1. The topological polar surface area (TPSA) is 37.8 Å². The van der Waals surface area contributed by atoms with Crippen LogP contribution in [0.1, 0.15) is 0 Å². The summed E-state index contributed by atoms with van der Waals surface area (Å²) < 4.78 is 14.7. The number of aromatic nitrogens is 2. The van der Waals surface area contributed by atoms with Gasteiger partial charge in [-0.25, -0.2) is 4.39 Å². The Balaban J connectivity index is 2.06. The first-order valence-electron chi connectivity index (χ1n) is 7.11. The lowest BCUT2D eigenvalue weighted by Crippen LogP contribution is -2.15. The Morgan fingerprint density at radius 3 is 2.57 bits per heavy atom. The van der Waals surface area contributed by atoms with Gasteiger partial charge in [-0.2, -0.15) is 0 Å². The van der Waals surface area contributed by atoms with Gasteiger partial charge in [0.2, 0.25) is 0 Å². The largest absolute Gasteiger partial charge is 0.355 e. The van der Waals surface area contributed by atoms with Crippen molar-refractivity contribution in [1.29, 1.82) is 0 Å². The normalized spacial score (nSPS) is 11.4. The first-order chi connectivity index (χ1) is 11.0. The van der Waals surface area contributed by atoms with Crippen molar-refractivity contribution in [2.45, 2.75) is 0 Å². The van der Waals surface area contributed by atoms with Gasteiger partial charge in [-0.05, 0) is 48.0 Å². The van der Waals surface area contributed by atoms with E-state index in [1.165, 1.54) is 18.2 Å². The molecule has 0 radical (unpaired) electrons. The van der Waals surface area contributed by atoms with E-state index >= 15 is 0 Å². The number of benzene rings is 2. The highest BCUT2D eigenvalue weighted by atomic mass is 35.5. The van der Waals surface area contributed by atoms with Gasteiger partial charge in [0, 0.05) is 35.1 Å². The van der Waals surface area contributed by atoms with Crippen LogP contribution in [0.2, 0.25) is 5.02 Å². The van der Waals surface area contributed by atoms with E-state index in [0.29, 0.717) is 5.02 Å². The van der Waals surface area contributed by atoms with Crippen LogP contribution in [-0.4, -0.2) is 9.55 Å². The molecule has 4 rings (SSSR count). The number of hydrogen-bond acceptors (Lipinski definition) is 1. The maximum Gasteiger partial charge on any atom is 0.252 e. The molecule has 0 saturated carbocycles. The molecule has 0 bridgehead atoms. The Labute approximate surface area is 135 Å². The quantitative estimate of drug-likeness (QED) is 0.550. The molecule has 2 aromatic carbocycles. The molecule has 4 aromatic rings. The van der Waals surface area contributed by atoms with Crippen LogP contribution in [0.4, 0.5) is 4.39 Å². The molecule has 0 unspecified atom stereocenters. The molecule has 2 heterocycles. The fourth-order valence-electron chi connectivity index (χ4n) is 2.90. The molecule has 0 spiro atoms. The molecule has 5 heteroatoms. The third kappa shape index (κ3) is 2.14. The number of H-pyrrole nitrogens is 1. The predicted molar refractivity (Wildman–Crippen MR) is 91.4 cm³/mol. The molecule has 3 nitrogen and oxygen atoms in total. The SMILES string of the molecule is Cn1c(=O)cc(Cl)c2c3cc(-c4ccc(F)cc4)[nH]c3ccc21. The average Bonchev–Trinajstić information content (AvgIpc) is 2.96. The van der Waals surface area contributed by atoms with Crippen molar-refractivity contribution in [2.24, 2.45) is 7.05 Å². The first kappa shape index (κ1) is 14.0. The van der Waals surface area contributed by atoms with E-state index in [2.05, 4.69) is 4.98 Å². The zero-order chi connectivity index (χ0) is 16.1. The van der Waals surface area contributed by atoms with Gasteiger partial charge < -0.3 is 9.55 Å². The van der Waals surface area contributed by atoms with Crippen molar-refractivity contribution < 1.29 is 4.39 Å². The predicted octanol–water partition coefficient (Wildman–Crippen LogP) is 4.48. The smallest absolute Gasteiger partial charge is 0.252 e. The molecule has 0 atom stereocenters. The number of rotatable bonds is 1. The van der Waals surface area contributed by atoms with E-state index in [9.17, 15) is 9.18 Å². The Bertz CT molecular complexity index is 1110. The van der Waals surface area contributed by atoms with Gasteiger partial charge >= 0.3 is 0 Å². The lowest BCUT2D eigenvalue weighted by molar-refractivity contribution is 0.628. The Morgan fingerprint density at radius 2 is 1.83 bits per heavy atom. The molecule has 0 saturated heterocycles. The number of nitrogens with one attached hydrogen (secondary N) is 1. The van der Waals surface area contributed by atoms with E-state index in [1.807, 2.05) is 18.2 Å². The van der Waals surface area contributed by atoms with Crippen molar-refractivity contribution >= 4 is 33.4 Å². The fraction of sp³-hybridized carbons (Fsp3) is 0.0556. The first-order valence-corrected chi connectivity index (χ1v) is 7.49. The number of aromatic amines is 1. The Morgan fingerprint density at radius 1 is 1.09 bits per heavy atom. The van der Waals surface area contributed by atoms with Crippen LogP contribution in [0, 0.1) is 5.82 Å². The fourth-order valence-corrected chi connectivity index (χ4v) is 3.20. The molecule has 0 amide bonds. The molecule has 0 fully saturated rings. The number of halogens is 2. The zero-order valence-corrected chi connectivity index (χ0v) is 13.0. The van der Waals surface area contributed by atoms with Crippen molar-refractivity contribution in [1.82, 2.24) is 9.55 Å². The van der Waals surface area contributed by atoms with Gasteiger partial charge in [0.05, 0.1) is 10.5 Å². The second-order valence-corrected chi connectivity index (χ2v) is 5.91. The van der Waals surface area contributed by atoms with Gasteiger partial charge in [-0.15, -0.1) is 0 Å². The summed E-state index contributed by atoms with van der Waals surface area (Å²) in [5.41, 5.74) is 3.31. The van der Waals surface area contributed by atoms with Crippen LogP contribution in [0.3, 0.4) is 0 Å². The summed E-state index contributed by atoms with van der Waals surface area (Å²) in [6.07, 6.45) is 0. The van der Waals surface area contributed by atoms with Crippen LogP contribution in [0.25, 0.3) is 33.1 Å². The summed E-state index contributed by atoms with van der Waals surface area (Å²) in [6, 6.07) is 13.5. The van der Waals surface area contributed by atoms with Crippen LogP contribution in [0.5, 0.6) is 0 Å². The molecule has 2 aromatic heterocycles. The molecular formula is C18H12ClFN2O. The summed E-state index contributed by atoms with van der Waals surface area (Å²) in [5, 5.41) is 2.19. The average molecular weight is 327 g/mol. The lowest BCUT2D eigenvalue weighted by atomic mass is 10.1. The monoisotopic (exact) mass is 326 g/mol. The molecule has 0 aliphatic carbocycles. The summed E-state index contributed by atoms with van der Waals surface area (Å²) in [6.45, 7) is 0. The second-order valence-electron chi connectivity index (χ2n) is 5.50. The molecule has 23 heavy (non-hydrogen) atoms. The van der Waals surface area contributed by atoms with Crippen LogP contribution in [-0.2, 0) is 7.05 Å². The second kappa shape index (κ2) is 4.96. The summed E-state index contributed by atoms with van der Waals surface area (Å²) in [5.74, 6) is -0.270. The molecular weight excluding hydrogens is 315 g/mol. The number of hydrogen-bond donors (Lipinski definition) is 1. The highest BCUT2D eigenvalue weighted by Crippen LogP contribution is 2.33. The standard InChI is InChI=1S/C18H12ClFN2O/c1-22-16-7-6-14-12(18(16)13(19)9-17(22)23)8-15(21-14)10-2-4-11(20)5-3-10/h2-9,21H,1H3. The Hall–Kier alpha value is -2.59. The summed E-state index contributed by atoms with van der Waals surface area (Å²) >= 11 is 6.31. The van der Waals surface area contributed by atoms with Crippen LogP contribution < -0.4 is 5.56 Å². The van der Waals surface area contributed by atoms with E-state index in [4.69, 9.17) is 11.6 Å². The minimum absolute atomic E-state index is 0.142. The van der Waals surface area contributed by atoms with Gasteiger partial charge in [0.25, 0.3) is 5.56 Å². The summed E-state index contributed by atoms with van der Waals surface area (Å²) in [7, 11) is 1.72. The summed E-state index contributed by atoms with van der Waals surface area (Å²) in [4.78, 5) is 15.2. The van der Waals surface area contributed by atoms with Crippen LogP contribution in [0.15, 0.2) is 53.3 Å². The Kier molecular flexibility index (Phi) is 3.03. The van der Waals surface area contributed by atoms with Crippen molar-refractivity contribution in [3.8, 4) is 11.3 Å². The minimum atomic E-state index is -0.270. The third-order valence-corrected chi connectivity index (χ3v) is 4.42. The number of nitrogens with zero attached hydrogens (tertiary/aromatic N) is 1. The van der Waals surface area contributed by atoms with E-state index in [0.717, 1.165) is 33.1 Å². The maximum absolute atomic E-state index is 13.1. The van der Waals surface area contributed by atoms with Gasteiger partial charge in [-0.3, -0.25) is 4.79 Å². The van der Waals surface area contributed by atoms with Crippen molar-refractivity contribution in [2.75, 3.05) is 0 Å². The van der Waals surface area contributed by atoms with E-state index < -0.39 is 0 Å². The van der Waals surface area contributed by atoms with E-state index in [1.54, 1.807) is 23.7 Å². The highest BCUT2D eigenvalue weighted by molar-refractivity contribution is 6.37. The third-order valence-electron chi connectivity index (χ3n) is 4.12. The molecule has 1 N–H and O–H groups in total. The highest BCUT2D eigenvalue weighted by Gasteiger charge is 2.12. The van der Waals surface area contributed by atoms with Crippen molar-refractivity contribution in [3.05, 3.63) is 69.7 Å². The van der Waals surface area contributed by atoms with Crippen molar-refractivity contribution in [3.63, 3.8) is 0 Å². The number of fused-ring (bicyclic) bond motifs is 3. The van der Waals surface area contributed by atoms with Gasteiger partial charge in [0.1, 0.15) is 5.82 Å². The molecule has 114 valence electrons. The van der Waals surface area contributed by atoms with Gasteiger partial charge in [-0.1, -0.05) is 11.6 Å². The maximum atomic E-state index is 13.1. The van der Waals surface area contributed by atoms with E-state index in [-0.39, 0.29) is 11.4 Å². The molecule has 0 aliphatic heterocycles. The number of pyridine rings is 1. The minimum Gasteiger partial charge on any atom is -0.355 e. The lowest BCUT2D eigenvalue weighted by Gasteiger charge is -2.07. The molecule has 0 aliphatic rings. The van der Waals surface area contributed by atoms with Crippen LogP contribution >= 0.6 is 11.6 Å². The zero-order valence-electron chi connectivity index (χ0n) is 12.2. The van der Waals surface area contributed by atoms with Gasteiger partial charge in [0.15, 0.2) is 0 Å².